The van der Waals surface area contributed by atoms with Crippen molar-refractivity contribution in [2.24, 2.45) is 10.4 Å². The average Bonchev–Trinajstić information content (AvgIpc) is 3.03. The van der Waals surface area contributed by atoms with E-state index in [4.69, 9.17) is 4.99 Å². The number of hydrogen-bond donors (Lipinski definition) is 1. The SMILES string of the molecule is CCNC(=NCC1(C(=O)N(C)C)CCCC1)N1CCS(=O)(=O)C(C)(C)C1. The van der Waals surface area contributed by atoms with Crippen molar-refractivity contribution in [1.29, 1.82) is 0 Å². The lowest BCUT2D eigenvalue weighted by Crippen LogP contribution is -2.57. The molecule has 0 aromatic heterocycles. The van der Waals surface area contributed by atoms with E-state index in [2.05, 4.69) is 5.32 Å². The van der Waals surface area contributed by atoms with Crippen molar-refractivity contribution >= 4 is 21.7 Å². The van der Waals surface area contributed by atoms with E-state index in [-0.39, 0.29) is 11.7 Å². The van der Waals surface area contributed by atoms with Gasteiger partial charge < -0.3 is 15.1 Å². The van der Waals surface area contributed by atoms with Crippen molar-refractivity contribution in [1.82, 2.24) is 15.1 Å². The van der Waals surface area contributed by atoms with Crippen LogP contribution in [0.5, 0.6) is 0 Å². The van der Waals surface area contributed by atoms with Crippen molar-refractivity contribution in [3.05, 3.63) is 0 Å². The van der Waals surface area contributed by atoms with Crippen molar-refractivity contribution < 1.29 is 13.2 Å². The molecule has 0 bridgehead atoms. The van der Waals surface area contributed by atoms with E-state index in [0.29, 0.717) is 32.1 Å². The fraction of sp³-hybridized carbons (Fsp3) is 0.889. The predicted molar refractivity (Wildman–Crippen MR) is 105 cm³/mol. The van der Waals surface area contributed by atoms with Crippen LogP contribution < -0.4 is 5.32 Å². The molecule has 1 saturated carbocycles. The van der Waals surface area contributed by atoms with Gasteiger partial charge in [-0.2, -0.15) is 0 Å². The summed E-state index contributed by atoms with van der Waals surface area (Å²) in [6, 6.07) is 0. The third-order valence-corrected chi connectivity index (χ3v) is 8.16. The predicted octanol–water partition coefficient (Wildman–Crippen LogP) is 1.11. The van der Waals surface area contributed by atoms with Crippen molar-refractivity contribution in [2.45, 2.75) is 51.2 Å². The summed E-state index contributed by atoms with van der Waals surface area (Å²) in [6.07, 6.45) is 3.85. The van der Waals surface area contributed by atoms with Crippen LogP contribution in [0.15, 0.2) is 4.99 Å². The molecule has 2 rings (SSSR count). The molecule has 0 atom stereocenters. The quantitative estimate of drug-likeness (QED) is 0.578. The highest BCUT2D eigenvalue weighted by Gasteiger charge is 2.43. The second kappa shape index (κ2) is 7.74. The number of carbonyl (C=O) groups is 1. The number of nitrogens with zero attached hydrogens (tertiary/aromatic N) is 3. The summed E-state index contributed by atoms with van der Waals surface area (Å²) in [5.41, 5.74) is -0.415. The minimum absolute atomic E-state index is 0.131. The van der Waals surface area contributed by atoms with E-state index in [9.17, 15) is 13.2 Å². The number of amides is 1. The number of nitrogens with one attached hydrogen (secondary N) is 1. The van der Waals surface area contributed by atoms with E-state index in [1.807, 2.05) is 11.8 Å². The maximum Gasteiger partial charge on any atom is 0.230 e. The number of rotatable bonds is 4. The third kappa shape index (κ3) is 4.15. The van der Waals surface area contributed by atoms with Gasteiger partial charge in [-0.1, -0.05) is 12.8 Å². The number of guanidine groups is 1. The molecule has 1 aliphatic carbocycles. The van der Waals surface area contributed by atoms with Crippen LogP contribution >= 0.6 is 0 Å². The molecule has 0 aromatic carbocycles. The number of sulfone groups is 1. The van der Waals surface area contributed by atoms with E-state index in [1.165, 1.54) is 0 Å². The van der Waals surface area contributed by atoms with Crippen LogP contribution in [-0.2, 0) is 14.6 Å². The molecular weight excluding hydrogens is 352 g/mol. The Bertz CT molecular complexity index is 649. The van der Waals surface area contributed by atoms with E-state index < -0.39 is 20.0 Å². The monoisotopic (exact) mass is 386 g/mol. The van der Waals surface area contributed by atoms with Crippen molar-refractivity contribution in [3.63, 3.8) is 0 Å². The second-order valence-corrected chi connectivity index (χ2v) is 11.1. The summed E-state index contributed by atoms with van der Waals surface area (Å²) in [5.74, 6) is 0.996. The zero-order valence-electron chi connectivity index (χ0n) is 16.8. The van der Waals surface area contributed by atoms with Crippen molar-refractivity contribution in [2.75, 3.05) is 46.0 Å². The first-order valence-corrected chi connectivity index (χ1v) is 11.2. The van der Waals surface area contributed by atoms with Crippen LogP contribution in [0.25, 0.3) is 0 Å². The highest BCUT2D eigenvalue weighted by molar-refractivity contribution is 7.92. The van der Waals surface area contributed by atoms with Gasteiger partial charge in [0.1, 0.15) is 0 Å². The van der Waals surface area contributed by atoms with Crippen molar-refractivity contribution in [3.8, 4) is 0 Å². The molecule has 150 valence electrons. The molecule has 2 fully saturated rings. The van der Waals surface area contributed by atoms with Gasteiger partial charge in [0.25, 0.3) is 0 Å². The molecule has 2 aliphatic rings. The van der Waals surface area contributed by atoms with E-state index in [1.54, 1.807) is 32.8 Å². The largest absolute Gasteiger partial charge is 0.357 e. The maximum atomic E-state index is 12.7. The summed E-state index contributed by atoms with van der Waals surface area (Å²) < 4.78 is 23.7. The first kappa shape index (κ1) is 21.0. The van der Waals surface area contributed by atoms with Crippen LogP contribution in [-0.4, -0.2) is 80.9 Å². The molecule has 0 aromatic rings. The maximum absolute atomic E-state index is 12.7. The lowest BCUT2D eigenvalue weighted by atomic mass is 9.85. The summed E-state index contributed by atoms with van der Waals surface area (Å²) in [5, 5.41) is 3.28. The summed E-state index contributed by atoms with van der Waals surface area (Å²) in [6.45, 7) is 7.55. The van der Waals surface area contributed by atoms with Gasteiger partial charge >= 0.3 is 0 Å². The molecule has 26 heavy (non-hydrogen) atoms. The molecular formula is C18H34N4O3S. The van der Waals surface area contributed by atoms with Crippen LogP contribution in [0.1, 0.15) is 46.5 Å². The van der Waals surface area contributed by atoms with Gasteiger partial charge in [-0.3, -0.25) is 9.79 Å². The van der Waals surface area contributed by atoms with E-state index in [0.717, 1.165) is 25.7 Å². The summed E-state index contributed by atoms with van der Waals surface area (Å²) in [4.78, 5) is 21.2. The highest BCUT2D eigenvalue weighted by Crippen LogP contribution is 2.40. The topological polar surface area (TPSA) is 82.1 Å². The van der Waals surface area contributed by atoms with E-state index >= 15 is 0 Å². The zero-order valence-corrected chi connectivity index (χ0v) is 17.7. The number of aliphatic imine (C=N–C) groups is 1. The Hall–Kier alpha value is -1.31. The Kier molecular flexibility index (Phi) is 6.25. The molecule has 8 heteroatoms. The zero-order chi connectivity index (χ0) is 19.6. The molecule has 1 amide bonds. The second-order valence-electron chi connectivity index (χ2n) is 8.36. The third-order valence-electron chi connectivity index (χ3n) is 5.63. The number of hydrogen-bond acceptors (Lipinski definition) is 4. The smallest absolute Gasteiger partial charge is 0.230 e. The standard InChI is InChI=1S/C18H34N4O3S/c1-6-19-16(22-11-12-26(24,25)17(2,3)14-22)20-13-18(9-7-8-10-18)15(23)21(4)5/h6-14H2,1-5H3,(H,19,20). The molecule has 1 N–H and O–H groups in total. The molecule has 0 radical (unpaired) electrons. The lowest BCUT2D eigenvalue weighted by Gasteiger charge is -2.39. The molecule has 0 unspecified atom stereocenters. The number of carbonyl (C=O) groups excluding carboxylic acids is 1. The fourth-order valence-electron chi connectivity index (χ4n) is 3.94. The Morgan fingerprint density at radius 3 is 2.35 bits per heavy atom. The Morgan fingerprint density at radius 2 is 1.85 bits per heavy atom. The van der Waals surface area contributed by atoms with Crippen LogP contribution in [0.2, 0.25) is 0 Å². The van der Waals surface area contributed by atoms with Gasteiger partial charge in [0.2, 0.25) is 5.91 Å². The van der Waals surface area contributed by atoms with Crippen LogP contribution in [0.3, 0.4) is 0 Å². The molecule has 0 spiro atoms. The van der Waals surface area contributed by atoms with Gasteiger partial charge in [0.15, 0.2) is 15.8 Å². The Balaban J connectivity index is 2.22. The fourth-order valence-corrected chi connectivity index (χ4v) is 5.31. The summed E-state index contributed by atoms with van der Waals surface area (Å²) >= 11 is 0. The Morgan fingerprint density at radius 1 is 1.23 bits per heavy atom. The normalized spacial score (nSPS) is 24.3. The molecule has 1 aliphatic heterocycles. The first-order valence-electron chi connectivity index (χ1n) is 9.52. The van der Waals surface area contributed by atoms with Crippen LogP contribution in [0, 0.1) is 5.41 Å². The van der Waals surface area contributed by atoms with Gasteiger partial charge in [-0.15, -0.1) is 0 Å². The lowest BCUT2D eigenvalue weighted by molar-refractivity contribution is -0.138. The molecule has 1 saturated heterocycles. The first-order chi connectivity index (χ1) is 12.0. The summed E-state index contributed by atoms with van der Waals surface area (Å²) in [7, 11) is 0.507. The molecule has 1 heterocycles. The van der Waals surface area contributed by atoms with Gasteiger partial charge in [-0.25, -0.2) is 8.42 Å². The Labute approximate surface area is 158 Å². The van der Waals surface area contributed by atoms with Crippen LogP contribution in [0.4, 0.5) is 0 Å². The van der Waals surface area contributed by atoms with Gasteiger partial charge in [0, 0.05) is 33.7 Å². The average molecular weight is 387 g/mol. The van der Waals surface area contributed by atoms with Gasteiger partial charge in [-0.05, 0) is 33.6 Å². The molecule has 7 nitrogen and oxygen atoms in total. The minimum atomic E-state index is -3.09. The highest BCUT2D eigenvalue weighted by atomic mass is 32.2. The van der Waals surface area contributed by atoms with Gasteiger partial charge in [0.05, 0.1) is 22.5 Å². The minimum Gasteiger partial charge on any atom is -0.357 e.